The second kappa shape index (κ2) is 5.76. The van der Waals surface area contributed by atoms with E-state index in [2.05, 4.69) is 0 Å². The minimum Gasteiger partial charge on any atom is -0.493 e. The highest BCUT2D eigenvalue weighted by molar-refractivity contribution is 7.87. The van der Waals surface area contributed by atoms with Crippen LogP contribution in [-0.2, 0) is 10.1 Å². The van der Waals surface area contributed by atoms with Gasteiger partial charge in [0.05, 0.1) is 18.7 Å². The fraction of sp³-hybridized carbons (Fsp3) is 0.214. The fourth-order valence-electron chi connectivity index (χ4n) is 1.82. The van der Waals surface area contributed by atoms with Crippen molar-refractivity contribution in [3.63, 3.8) is 0 Å². The maximum atomic E-state index is 12.3. The molecule has 0 aliphatic rings. The average molecular weight is 323 g/mol. The second-order valence-corrected chi connectivity index (χ2v) is 7.27. The third-order valence-corrected chi connectivity index (χ3v) is 5.21. The van der Waals surface area contributed by atoms with Gasteiger partial charge in [0.15, 0.2) is 11.5 Å². The fourth-order valence-corrected chi connectivity index (χ4v) is 4.29. The number of methoxy groups -OCH3 is 1. The molecule has 7 heteroatoms. The van der Waals surface area contributed by atoms with Gasteiger partial charge in [0, 0.05) is 15.8 Å². The Balaban J connectivity index is 2.42. The smallest absolute Gasteiger partial charge is 0.340 e. The molecule has 2 rings (SSSR count). The summed E-state index contributed by atoms with van der Waals surface area (Å²) in [6.07, 6.45) is 0. The molecule has 0 atom stereocenters. The molecule has 0 aliphatic heterocycles. The minimum atomic E-state index is -3.93. The van der Waals surface area contributed by atoms with Crippen molar-refractivity contribution in [3.05, 3.63) is 39.6 Å². The molecule has 1 aromatic heterocycles. The lowest BCUT2D eigenvalue weighted by molar-refractivity contribution is 0.390. The largest absolute Gasteiger partial charge is 0.493 e. The first-order valence-electron chi connectivity index (χ1n) is 5.97. The summed E-state index contributed by atoms with van der Waals surface area (Å²) in [4.78, 5) is 1.71. The first kappa shape index (κ1) is 15.4. The molecule has 5 nitrogen and oxygen atoms in total. The first-order chi connectivity index (χ1) is 9.87. The zero-order chi connectivity index (χ0) is 15.6. The van der Waals surface area contributed by atoms with Gasteiger partial charge in [-0.15, -0.1) is 11.3 Å². The topological polar surface area (TPSA) is 76.4 Å². The van der Waals surface area contributed by atoms with Crippen LogP contribution in [0.25, 0.3) is 0 Å². The summed E-state index contributed by atoms with van der Waals surface area (Å²) in [5, 5.41) is 8.83. The molecule has 110 valence electrons. The molecule has 1 heterocycles. The number of nitriles is 1. The Kier molecular flexibility index (Phi) is 4.21. The monoisotopic (exact) mass is 323 g/mol. The highest BCUT2D eigenvalue weighted by atomic mass is 32.2. The molecule has 0 saturated carbocycles. The number of aryl methyl sites for hydroxylation is 2. The summed E-state index contributed by atoms with van der Waals surface area (Å²) in [6.45, 7) is 3.56. The molecule has 0 aliphatic carbocycles. The summed E-state index contributed by atoms with van der Waals surface area (Å²) in [7, 11) is -2.54. The Bertz CT molecular complexity index is 816. The van der Waals surface area contributed by atoms with Crippen LogP contribution < -0.4 is 8.92 Å². The van der Waals surface area contributed by atoms with E-state index in [0.29, 0.717) is 10.4 Å². The van der Waals surface area contributed by atoms with E-state index < -0.39 is 10.1 Å². The van der Waals surface area contributed by atoms with Gasteiger partial charge < -0.3 is 8.92 Å². The van der Waals surface area contributed by atoms with Crippen molar-refractivity contribution in [2.75, 3.05) is 7.11 Å². The molecule has 1 aromatic carbocycles. The van der Waals surface area contributed by atoms with E-state index in [9.17, 15) is 8.42 Å². The van der Waals surface area contributed by atoms with E-state index in [1.54, 1.807) is 13.0 Å². The standard InChI is InChI=1S/C14H13NO4S2/c1-9-6-14(10(2)20-9)21(16,17)19-12-5-4-11(8-15)7-13(12)18-3/h4-7H,1-3H3. The Hall–Kier alpha value is -2.04. The number of ether oxygens (including phenoxy) is 1. The van der Waals surface area contributed by atoms with Gasteiger partial charge in [-0.3, -0.25) is 0 Å². The lowest BCUT2D eigenvalue weighted by Gasteiger charge is -2.10. The van der Waals surface area contributed by atoms with Crippen molar-refractivity contribution < 1.29 is 17.3 Å². The van der Waals surface area contributed by atoms with Gasteiger partial charge in [-0.2, -0.15) is 13.7 Å². The Morgan fingerprint density at radius 1 is 1.19 bits per heavy atom. The van der Waals surface area contributed by atoms with Crippen LogP contribution in [0.4, 0.5) is 0 Å². The number of nitrogens with zero attached hydrogens (tertiary/aromatic N) is 1. The van der Waals surface area contributed by atoms with E-state index in [1.807, 2.05) is 13.0 Å². The zero-order valence-electron chi connectivity index (χ0n) is 11.7. The van der Waals surface area contributed by atoms with Crippen LogP contribution in [0.5, 0.6) is 11.5 Å². The van der Waals surface area contributed by atoms with Gasteiger partial charge in [0.1, 0.15) is 4.90 Å². The van der Waals surface area contributed by atoms with Crippen LogP contribution in [0, 0.1) is 25.2 Å². The van der Waals surface area contributed by atoms with Crippen molar-refractivity contribution >= 4 is 21.5 Å². The third kappa shape index (κ3) is 3.17. The summed E-state index contributed by atoms with van der Waals surface area (Å²) in [5.41, 5.74) is 0.360. The minimum absolute atomic E-state index is 0.0553. The van der Waals surface area contributed by atoms with Crippen LogP contribution in [0.2, 0.25) is 0 Å². The van der Waals surface area contributed by atoms with Gasteiger partial charge in [-0.1, -0.05) is 0 Å². The van der Waals surface area contributed by atoms with E-state index >= 15 is 0 Å². The molecular formula is C14H13NO4S2. The molecule has 0 saturated heterocycles. The Labute approximate surface area is 127 Å². The number of benzene rings is 1. The highest BCUT2D eigenvalue weighted by Gasteiger charge is 2.23. The van der Waals surface area contributed by atoms with E-state index in [-0.39, 0.29) is 16.4 Å². The Morgan fingerprint density at radius 3 is 2.43 bits per heavy atom. The summed E-state index contributed by atoms with van der Waals surface area (Å²) >= 11 is 1.39. The van der Waals surface area contributed by atoms with Gasteiger partial charge in [-0.25, -0.2) is 0 Å². The van der Waals surface area contributed by atoms with E-state index in [1.165, 1.54) is 36.6 Å². The summed E-state index contributed by atoms with van der Waals surface area (Å²) in [5.74, 6) is 0.252. The number of hydrogen-bond donors (Lipinski definition) is 0. The molecule has 0 unspecified atom stereocenters. The van der Waals surface area contributed by atoms with Gasteiger partial charge in [-0.05, 0) is 32.0 Å². The molecule has 0 N–H and O–H groups in total. The second-order valence-electron chi connectivity index (χ2n) is 4.29. The quantitative estimate of drug-likeness (QED) is 0.808. The zero-order valence-corrected chi connectivity index (χ0v) is 13.3. The van der Waals surface area contributed by atoms with Crippen LogP contribution in [0.3, 0.4) is 0 Å². The van der Waals surface area contributed by atoms with Crippen LogP contribution >= 0.6 is 11.3 Å². The lowest BCUT2D eigenvalue weighted by atomic mass is 10.2. The van der Waals surface area contributed by atoms with Gasteiger partial charge >= 0.3 is 10.1 Å². The van der Waals surface area contributed by atoms with E-state index in [4.69, 9.17) is 14.2 Å². The molecule has 0 amide bonds. The van der Waals surface area contributed by atoms with Gasteiger partial charge in [0.2, 0.25) is 0 Å². The molecule has 0 spiro atoms. The SMILES string of the molecule is COc1cc(C#N)ccc1OS(=O)(=O)c1cc(C)sc1C. The molecule has 0 radical (unpaired) electrons. The molecule has 2 aromatic rings. The van der Waals surface area contributed by atoms with Crippen molar-refractivity contribution in [1.29, 1.82) is 5.26 Å². The third-order valence-electron chi connectivity index (χ3n) is 2.76. The molecule has 21 heavy (non-hydrogen) atoms. The first-order valence-corrected chi connectivity index (χ1v) is 8.19. The van der Waals surface area contributed by atoms with Crippen LogP contribution in [0.15, 0.2) is 29.2 Å². The van der Waals surface area contributed by atoms with Crippen molar-refractivity contribution in [1.82, 2.24) is 0 Å². The summed E-state index contributed by atoms with van der Waals surface area (Å²) < 4.78 is 34.9. The maximum Gasteiger partial charge on any atom is 0.340 e. The Morgan fingerprint density at radius 2 is 1.90 bits per heavy atom. The highest BCUT2D eigenvalue weighted by Crippen LogP contribution is 2.33. The van der Waals surface area contributed by atoms with Crippen molar-refractivity contribution in [2.24, 2.45) is 0 Å². The average Bonchev–Trinajstić information content (AvgIpc) is 2.78. The number of rotatable bonds is 4. The predicted molar refractivity (Wildman–Crippen MR) is 79.3 cm³/mol. The van der Waals surface area contributed by atoms with Crippen LogP contribution in [0.1, 0.15) is 15.3 Å². The lowest BCUT2D eigenvalue weighted by Crippen LogP contribution is -2.10. The van der Waals surface area contributed by atoms with Gasteiger partial charge in [0.25, 0.3) is 0 Å². The molecular weight excluding hydrogens is 310 g/mol. The molecule has 0 fully saturated rings. The number of thiophene rings is 1. The molecule has 0 bridgehead atoms. The normalized spacial score (nSPS) is 11.0. The number of hydrogen-bond acceptors (Lipinski definition) is 6. The van der Waals surface area contributed by atoms with E-state index in [0.717, 1.165) is 4.88 Å². The van der Waals surface area contributed by atoms with Crippen LogP contribution in [-0.4, -0.2) is 15.5 Å². The predicted octanol–water partition coefficient (Wildman–Crippen LogP) is 3.01. The van der Waals surface area contributed by atoms with Crippen molar-refractivity contribution in [2.45, 2.75) is 18.7 Å². The maximum absolute atomic E-state index is 12.3. The summed E-state index contributed by atoms with van der Waals surface area (Å²) in [6, 6.07) is 7.83. The van der Waals surface area contributed by atoms with Crippen molar-refractivity contribution in [3.8, 4) is 17.6 Å².